The van der Waals surface area contributed by atoms with E-state index in [0.717, 1.165) is 10.5 Å². The molecule has 0 saturated heterocycles. The average Bonchev–Trinajstić information content (AvgIpc) is 2.25. The van der Waals surface area contributed by atoms with Crippen LogP contribution in [-0.2, 0) is 9.53 Å². The molecule has 86 valence electrons. The predicted octanol–water partition coefficient (Wildman–Crippen LogP) is 3.29. The van der Waals surface area contributed by atoms with Crippen molar-refractivity contribution in [2.75, 3.05) is 6.61 Å². The van der Waals surface area contributed by atoms with Crippen molar-refractivity contribution < 1.29 is 9.53 Å². The Balaban J connectivity index is 2.58. The number of benzene rings is 1. The summed E-state index contributed by atoms with van der Waals surface area (Å²) in [5, 5.41) is 0.117. The van der Waals surface area contributed by atoms with Crippen LogP contribution in [0.4, 0.5) is 0 Å². The number of ether oxygens (including phenoxy) is 1. The number of thioether (sulfide) groups is 1. The van der Waals surface area contributed by atoms with E-state index in [1.807, 2.05) is 37.3 Å². The smallest absolute Gasteiger partial charge is 0.302 e. The highest BCUT2D eigenvalue weighted by atomic mass is 32.2. The Labute approximate surface area is 101 Å². The van der Waals surface area contributed by atoms with Gasteiger partial charge in [-0.15, -0.1) is 11.8 Å². The van der Waals surface area contributed by atoms with Gasteiger partial charge in [-0.1, -0.05) is 30.4 Å². The van der Waals surface area contributed by atoms with Crippen molar-refractivity contribution >= 4 is 17.7 Å². The molecule has 0 fully saturated rings. The fourth-order valence-electron chi connectivity index (χ4n) is 1.13. The molecule has 1 aromatic carbocycles. The molecular formula is C13H16O2S. The summed E-state index contributed by atoms with van der Waals surface area (Å²) in [5.74, 6) is -0.250. The zero-order valence-corrected chi connectivity index (χ0v) is 10.4. The number of rotatable bonds is 5. The largest absolute Gasteiger partial charge is 0.464 e. The normalized spacial score (nSPS) is 11.9. The lowest BCUT2D eigenvalue weighted by atomic mass is 10.2. The highest BCUT2D eigenvalue weighted by Gasteiger charge is 2.12. The van der Waals surface area contributed by atoms with E-state index in [-0.39, 0.29) is 11.2 Å². The predicted molar refractivity (Wildman–Crippen MR) is 67.5 cm³/mol. The van der Waals surface area contributed by atoms with Gasteiger partial charge in [-0.2, -0.15) is 0 Å². The van der Waals surface area contributed by atoms with Gasteiger partial charge in [0.1, 0.15) is 6.61 Å². The third-order valence-electron chi connectivity index (χ3n) is 2.01. The third-order valence-corrected chi connectivity index (χ3v) is 3.38. The molecule has 0 radical (unpaired) electrons. The van der Waals surface area contributed by atoms with Gasteiger partial charge < -0.3 is 4.74 Å². The fraction of sp³-hybridized carbons (Fsp3) is 0.308. The Hall–Kier alpha value is -1.22. The molecule has 1 rings (SSSR count). The van der Waals surface area contributed by atoms with Gasteiger partial charge in [-0.25, -0.2) is 0 Å². The average molecular weight is 236 g/mol. The molecule has 0 N–H and O–H groups in total. The van der Waals surface area contributed by atoms with Gasteiger partial charge in [0.15, 0.2) is 0 Å². The maximum absolute atomic E-state index is 10.8. The Bertz CT molecular complexity index is 359. The topological polar surface area (TPSA) is 26.3 Å². The lowest BCUT2D eigenvalue weighted by molar-refractivity contribution is -0.140. The maximum Gasteiger partial charge on any atom is 0.302 e. The summed E-state index contributed by atoms with van der Waals surface area (Å²) < 4.78 is 5.02. The molecule has 0 heterocycles. The Morgan fingerprint density at radius 1 is 1.38 bits per heavy atom. The molecule has 0 amide bonds. The second-order valence-electron chi connectivity index (χ2n) is 3.57. The first-order valence-corrected chi connectivity index (χ1v) is 5.98. The summed E-state index contributed by atoms with van der Waals surface area (Å²) in [4.78, 5) is 11.9. The molecule has 3 heteroatoms. The summed E-state index contributed by atoms with van der Waals surface area (Å²) in [5.41, 5.74) is 1.01. The minimum atomic E-state index is -0.250. The lowest BCUT2D eigenvalue weighted by Gasteiger charge is -2.16. The van der Waals surface area contributed by atoms with Crippen molar-refractivity contribution in [1.82, 2.24) is 0 Å². The van der Waals surface area contributed by atoms with Gasteiger partial charge >= 0.3 is 5.97 Å². The Morgan fingerprint density at radius 3 is 2.50 bits per heavy atom. The van der Waals surface area contributed by atoms with Crippen LogP contribution >= 0.6 is 11.8 Å². The van der Waals surface area contributed by atoms with E-state index in [2.05, 4.69) is 6.58 Å². The van der Waals surface area contributed by atoms with E-state index in [1.165, 1.54) is 6.92 Å². The molecule has 1 unspecified atom stereocenters. The lowest BCUT2D eigenvalue weighted by Crippen LogP contribution is -2.15. The number of carbonyl (C=O) groups is 1. The van der Waals surface area contributed by atoms with Crippen molar-refractivity contribution in [1.29, 1.82) is 0 Å². The van der Waals surface area contributed by atoms with Crippen LogP contribution in [0, 0.1) is 0 Å². The summed E-state index contributed by atoms with van der Waals surface area (Å²) in [7, 11) is 0. The molecule has 0 aromatic heterocycles. The van der Waals surface area contributed by atoms with E-state index in [0.29, 0.717) is 6.61 Å². The van der Waals surface area contributed by atoms with Crippen molar-refractivity contribution in [3.05, 3.63) is 42.5 Å². The quantitative estimate of drug-likeness (QED) is 0.446. The van der Waals surface area contributed by atoms with E-state index in [1.54, 1.807) is 11.8 Å². The fourth-order valence-corrected chi connectivity index (χ4v) is 2.11. The third kappa shape index (κ3) is 4.53. The summed E-state index contributed by atoms with van der Waals surface area (Å²) in [6, 6.07) is 10.0. The molecule has 1 aromatic rings. The summed E-state index contributed by atoms with van der Waals surface area (Å²) >= 11 is 1.66. The van der Waals surface area contributed by atoms with Crippen LogP contribution < -0.4 is 0 Å². The first-order valence-electron chi connectivity index (χ1n) is 5.10. The standard InChI is InChI=1S/C13H16O2S/c1-10(2)13(9-15-11(3)14)16-12-7-5-4-6-8-12/h4-8,13H,1,9H2,2-3H3. The minimum Gasteiger partial charge on any atom is -0.464 e. The molecule has 0 aliphatic rings. The van der Waals surface area contributed by atoms with Gasteiger partial charge in [0.2, 0.25) is 0 Å². The van der Waals surface area contributed by atoms with Gasteiger partial charge in [0.05, 0.1) is 5.25 Å². The SMILES string of the molecule is C=C(C)C(COC(C)=O)Sc1ccccc1. The highest BCUT2D eigenvalue weighted by Crippen LogP contribution is 2.27. The second kappa shape index (κ2) is 6.38. The first-order chi connectivity index (χ1) is 7.59. The van der Waals surface area contributed by atoms with Crippen LogP contribution in [-0.4, -0.2) is 17.8 Å². The number of esters is 1. The molecule has 0 aliphatic heterocycles. The molecule has 0 saturated carbocycles. The van der Waals surface area contributed by atoms with E-state index < -0.39 is 0 Å². The number of carbonyl (C=O) groups excluding carboxylic acids is 1. The Morgan fingerprint density at radius 2 is 2.00 bits per heavy atom. The van der Waals surface area contributed by atoms with E-state index in [9.17, 15) is 4.79 Å². The molecule has 16 heavy (non-hydrogen) atoms. The van der Waals surface area contributed by atoms with E-state index in [4.69, 9.17) is 4.74 Å². The van der Waals surface area contributed by atoms with Gasteiger partial charge in [0.25, 0.3) is 0 Å². The highest BCUT2D eigenvalue weighted by molar-refractivity contribution is 8.00. The maximum atomic E-state index is 10.8. The number of hydrogen-bond donors (Lipinski definition) is 0. The van der Waals surface area contributed by atoms with Gasteiger partial charge in [0, 0.05) is 11.8 Å². The van der Waals surface area contributed by atoms with Crippen LogP contribution in [0.1, 0.15) is 13.8 Å². The molecule has 0 spiro atoms. The molecule has 2 nitrogen and oxygen atoms in total. The molecular weight excluding hydrogens is 220 g/mol. The van der Waals surface area contributed by atoms with Crippen LogP contribution in [0.5, 0.6) is 0 Å². The Kier molecular flexibility index (Phi) is 5.12. The zero-order valence-electron chi connectivity index (χ0n) is 9.60. The van der Waals surface area contributed by atoms with Crippen LogP contribution in [0.2, 0.25) is 0 Å². The minimum absolute atomic E-state index is 0.117. The molecule has 0 aliphatic carbocycles. The van der Waals surface area contributed by atoms with Crippen molar-refractivity contribution in [2.45, 2.75) is 24.0 Å². The number of hydrogen-bond acceptors (Lipinski definition) is 3. The second-order valence-corrected chi connectivity index (χ2v) is 4.84. The molecule has 1 atom stereocenters. The van der Waals surface area contributed by atoms with Crippen LogP contribution in [0.25, 0.3) is 0 Å². The summed E-state index contributed by atoms with van der Waals surface area (Å²) in [6.07, 6.45) is 0. The van der Waals surface area contributed by atoms with Crippen molar-refractivity contribution in [2.24, 2.45) is 0 Å². The van der Waals surface area contributed by atoms with Crippen molar-refractivity contribution in [3.8, 4) is 0 Å². The van der Waals surface area contributed by atoms with Crippen molar-refractivity contribution in [3.63, 3.8) is 0 Å². The first kappa shape index (κ1) is 12.8. The monoisotopic (exact) mass is 236 g/mol. The van der Waals surface area contributed by atoms with E-state index >= 15 is 0 Å². The van der Waals surface area contributed by atoms with Gasteiger partial charge in [-0.05, 0) is 19.1 Å². The zero-order chi connectivity index (χ0) is 12.0. The van der Waals surface area contributed by atoms with Gasteiger partial charge in [-0.3, -0.25) is 4.79 Å². The molecule has 0 bridgehead atoms. The van der Waals surface area contributed by atoms with Crippen LogP contribution in [0.15, 0.2) is 47.4 Å². The summed E-state index contributed by atoms with van der Waals surface area (Å²) in [6.45, 7) is 7.66. The van der Waals surface area contributed by atoms with Crippen LogP contribution in [0.3, 0.4) is 0 Å².